The third-order valence-electron chi connectivity index (χ3n) is 7.78. The molecule has 1 saturated carbocycles. The average Bonchev–Trinajstić information content (AvgIpc) is 3.36. The highest BCUT2D eigenvalue weighted by atomic mass is 16.6. The van der Waals surface area contributed by atoms with E-state index in [0.717, 1.165) is 86.7 Å². The Morgan fingerprint density at radius 1 is 1.12 bits per heavy atom. The van der Waals surface area contributed by atoms with Crippen LogP contribution < -0.4 is 10.2 Å². The first kappa shape index (κ1) is 23.4. The maximum absolute atomic E-state index is 12.2. The first-order valence-corrected chi connectivity index (χ1v) is 13.0. The third-order valence-corrected chi connectivity index (χ3v) is 7.78. The molecule has 2 saturated heterocycles. The molecule has 8 nitrogen and oxygen atoms in total. The minimum Gasteiger partial charge on any atom is -0.464 e. The largest absolute Gasteiger partial charge is 0.464 e. The van der Waals surface area contributed by atoms with Gasteiger partial charge >= 0.3 is 6.09 Å². The number of hydrogen-bond acceptors (Lipinski definition) is 7. The lowest BCUT2D eigenvalue weighted by Crippen LogP contribution is -2.47. The van der Waals surface area contributed by atoms with E-state index >= 15 is 0 Å². The number of hydrogen-bond donors (Lipinski definition) is 1. The molecule has 34 heavy (non-hydrogen) atoms. The Bertz CT molecular complexity index is 941. The van der Waals surface area contributed by atoms with Crippen LogP contribution >= 0.6 is 0 Å². The Morgan fingerprint density at radius 2 is 1.88 bits per heavy atom. The molecular weight excluding hydrogens is 432 g/mol. The number of nitrogens with one attached hydrogen (secondary N) is 1. The number of carbonyl (C=O) groups is 1. The number of fused-ring (bicyclic) bond motifs is 1. The van der Waals surface area contributed by atoms with Gasteiger partial charge in [0.25, 0.3) is 0 Å². The van der Waals surface area contributed by atoms with Crippen LogP contribution in [-0.4, -0.2) is 74.1 Å². The van der Waals surface area contributed by atoms with Crippen LogP contribution in [0.3, 0.4) is 0 Å². The maximum atomic E-state index is 12.2. The number of nitrogens with zero attached hydrogens (tertiary/aromatic N) is 3. The smallest absolute Gasteiger partial charge is 0.407 e. The van der Waals surface area contributed by atoms with E-state index in [1.165, 1.54) is 19.3 Å². The summed E-state index contributed by atoms with van der Waals surface area (Å²) in [6, 6.07) is 2.29. The van der Waals surface area contributed by atoms with Crippen LogP contribution in [0.25, 0.3) is 11.0 Å². The van der Waals surface area contributed by atoms with Crippen molar-refractivity contribution in [3.05, 3.63) is 24.1 Å². The Balaban J connectivity index is 0.999. The third kappa shape index (κ3) is 5.66. The van der Waals surface area contributed by atoms with E-state index in [0.29, 0.717) is 13.2 Å². The highest BCUT2D eigenvalue weighted by molar-refractivity contribution is 5.90. The number of aryl methyl sites for hydroxylation is 1. The average molecular weight is 471 g/mol. The molecule has 0 spiro atoms. The standard InChI is InChI=1S/C26H38N4O4/c1-19-18-27-25(23-9-17-33-24(19)23)30-13-11-29(12-14-30)10-6-20-2-4-21(5-3-20)28-26(31)34-22-7-15-32-16-8-22/h9,17-18,20-22H,2-8,10-16H2,1H3,(H,28,31)/t20-,21-. The molecule has 3 fully saturated rings. The highest BCUT2D eigenvalue weighted by Crippen LogP contribution is 2.30. The van der Waals surface area contributed by atoms with Gasteiger partial charge in [0.05, 0.1) is 24.9 Å². The lowest BCUT2D eigenvalue weighted by molar-refractivity contribution is 0.000273. The molecule has 8 heteroatoms. The molecule has 2 aromatic heterocycles. The van der Waals surface area contributed by atoms with Crippen molar-refractivity contribution in [1.29, 1.82) is 0 Å². The van der Waals surface area contributed by atoms with Gasteiger partial charge in [-0.1, -0.05) is 0 Å². The number of ether oxygens (including phenoxy) is 2. The summed E-state index contributed by atoms with van der Waals surface area (Å²) >= 11 is 0. The Hall–Kier alpha value is -2.32. The predicted octanol–water partition coefficient (Wildman–Crippen LogP) is 4.11. The van der Waals surface area contributed by atoms with E-state index in [2.05, 4.69) is 15.1 Å². The summed E-state index contributed by atoms with van der Waals surface area (Å²) in [4.78, 5) is 21.9. The Labute approximate surface area is 202 Å². The summed E-state index contributed by atoms with van der Waals surface area (Å²) in [5, 5.41) is 4.22. The van der Waals surface area contributed by atoms with Crippen molar-refractivity contribution in [2.45, 2.75) is 64.0 Å². The van der Waals surface area contributed by atoms with Crippen molar-refractivity contribution in [3.63, 3.8) is 0 Å². The summed E-state index contributed by atoms with van der Waals surface area (Å²) < 4.78 is 16.5. The minimum atomic E-state index is -0.246. The quantitative estimate of drug-likeness (QED) is 0.680. The lowest BCUT2D eigenvalue weighted by atomic mass is 9.84. The number of alkyl carbamates (subject to hydrolysis) is 1. The lowest BCUT2D eigenvalue weighted by Gasteiger charge is -2.37. The fourth-order valence-corrected chi connectivity index (χ4v) is 5.62. The summed E-state index contributed by atoms with van der Waals surface area (Å²) in [7, 11) is 0. The van der Waals surface area contributed by atoms with Crippen molar-refractivity contribution in [1.82, 2.24) is 15.2 Å². The summed E-state index contributed by atoms with van der Waals surface area (Å²) in [5.41, 5.74) is 2.04. The molecule has 0 radical (unpaired) electrons. The van der Waals surface area contributed by atoms with Crippen molar-refractivity contribution in [2.75, 3.05) is 50.8 Å². The van der Waals surface area contributed by atoms with Gasteiger partial charge < -0.3 is 24.1 Å². The molecule has 0 aromatic carbocycles. The van der Waals surface area contributed by atoms with Crippen molar-refractivity contribution >= 4 is 22.9 Å². The molecule has 2 aliphatic heterocycles. The highest BCUT2D eigenvalue weighted by Gasteiger charge is 2.26. The van der Waals surface area contributed by atoms with Gasteiger partial charge in [0.2, 0.25) is 0 Å². The zero-order valence-electron chi connectivity index (χ0n) is 20.3. The second kappa shape index (κ2) is 11.0. The fraction of sp³-hybridized carbons (Fsp3) is 0.692. The van der Waals surface area contributed by atoms with Crippen LogP contribution in [0.15, 0.2) is 22.9 Å². The van der Waals surface area contributed by atoms with Gasteiger partial charge in [0, 0.05) is 56.8 Å². The summed E-state index contributed by atoms with van der Waals surface area (Å²) in [6.45, 7) is 8.73. The summed E-state index contributed by atoms with van der Waals surface area (Å²) in [5.74, 6) is 1.81. The van der Waals surface area contributed by atoms with Crippen LogP contribution in [0.5, 0.6) is 0 Å². The monoisotopic (exact) mass is 470 g/mol. The van der Waals surface area contributed by atoms with Gasteiger partial charge in [-0.05, 0) is 57.6 Å². The topological polar surface area (TPSA) is 80.1 Å². The molecule has 4 heterocycles. The number of piperazine rings is 1. The van der Waals surface area contributed by atoms with Crippen molar-refractivity contribution < 1.29 is 18.7 Å². The van der Waals surface area contributed by atoms with Crippen LogP contribution in [0, 0.1) is 12.8 Å². The number of amides is 1. The zero-order chi connectivity index (χ0) is 23.3. The molecule has 3 aliphatic rings. The molecule has 1 aliphatic carbocycles. The van der Waals surface area contributed by atoms with Gasteiger partial charge in [-0.3, -0.25) is 4.90 Å². The molecular formula is C26H38N4O4. The van der Waals surface area contributed by atoms with Gasteiger partial charge in [-0.2, -0.15) is 0 Å². The second-order valence-electron chi connectivity index (χ2n) is 10.1. The van der Waals surface area contributed by atoms with Crippen molar-refractivity contribution in [2.24, 2.45) is 5.92 Å². The predicted molar refractivity (Wildman–Crippen MR) is 131 cm³/mol. The zero-order valence-corrected chi connectivity index (χ0v) is 20.3. The Morgan fingerprint density at radius 3 is 2.65 bits per heavy atom. The summed E-state index contributed by atoms with van der Waals surface area (Å²) in [6.07, 6.45) is 10.8. The first-order chi connectivity index (χ1) is 16.7. The number of aromatic nitrogens is 1. The van der Waals surface area contributed by atoms with Crippen LogP contribution in [0.2, 0.25) is 0 Å². The number of anilines is 1. The maximum Gasteiger partial charge on any atom is 0.407 e. The number of pyridine rings is 1. The molecule has 186 valence electrons. The van der Waals surface area contributed by atoms with Gasteiger partial charge in [0.1, 0.15) is 17.5 Å². The van der Waals surface area contributed by atoms with E-state index in [1.54, 1.807) is 6.26 Å². The Kier molecular flexibility index (Phi) is 7.54. The van der Waals surface area contributed by atoms with Crippen LogP contribution in [0.1, 0.15) is 50.5 Å². The second-order valence-corrected chi connectivity index (χ2v) is 10.1. The molecule has 1 amide bonds. The van der Waals surface area contributed by atoms with Crippen LogP contribution in [0.4, 0.5) is 10.6 Å². The van der Waals surface area contributed by atoms with Crippen molar-refractivity contribution in [3.8, 4) is 0 Å². The van der Waals surface area contributed by atoms with Gasteiger partial charge in [-0.15, -0.1) is 0 Å². The van der Waals surface area contributed by atoms with Crippen LogP contribution in [-0.2, 0) is 9.47 Å². The molecule has 1 N–H and O–H groups in total. The molecule has 0 bridgehead atoms. The molecule has 0 atom stereocenters. The van der Waals surface area contributed by atoms with E-state index in [4.69, 9.17) is 18.9 Å². The minimum absolute atomic E-state index is 0.0121. The molecule has 2 aromatic rings. The van der Waals surface area contributed by atoms with Gasteiger partial charge in [-0.25, -0.2) is 9.78 Å². The fourth-order valence-electron chi connectivity index (χ4n) is 5.62. The first-order valence-electron chi connectivity index (χ1n) is 13.0. The van der Waals surface area contributed by atoms with E-state index in [-0.39, 0.29) is 18.2 Å². The number of rotatable bonds is 6. The molecule has 5 rings (SSSR count). The van der Waals surface area contributed by atoms with Gasteiger partial charge in [0.15, 0.2) is 0 Å². The normalized spacial score (nSPS) is 24.9. The molecule has 0 unspecified atom stereocenters. The number of furan rings is 1. The SMILES string of the molecule is Cc1cnc(N2CCN(CC[C@H]3CC[C@H](NC(=O)OC4CCOCC4)CC3)CC2)c2ccoc12. The van der Waals surface area contributed by atoms with E-state index in [9.17, 15) is 4.79 Å². The van der Waals surface area contributed by atoms with E-state index < -0.39 is 0 Å². The van der Waals surface area contributed by atoms with E-state index in [1.807, 2.05) is 19.2 Å². The number of carbonyl (C=O) groups excluding carboxylic acids is 1.